The van der Waals surface area contributed by atoms with E-state index in [1.807, 2.05) is 60.7 Å². The third-order valence-corrected chi connectivity index (χ3v) is 4.70. The molecule has 3 aromatic carbocycles. The number of carbonyl (C=O) groups is 2. The van der Waals surface area contributed by atoms with Crippen molar-refractivity contribution in [2.75, 3.05) is 0 Å². The molecule has 0 aliphatic heterocycles. The van der Waals surface area contributed by atoms with Gasteiger partial charge >= 0.3 is 5.97 Å². The van der Waals surface area contributed by atoms with Crippen LogP contribution in [0.4, 0.5) is 0 Å². The fourth-order valence-electron chi connectivity index (χ4n) is 2.78. The van der Waals surface area contributed by atoms with Crippen molar-refractivity contribution < 1.29 is 14.3 Å². The Labute approximate surface area is 172 Å². The predicted molar refractivity (Wildman–Crippen MR) is 112 cm³/mol. The van der Waals surface area contributed by atoms with Crippen LogP contribution < -0.4 is 5.32 Å². The van der Waals surface area contributed by atoms with Crippen LogP contribution in [0, 0.1) is 0 Å². The smallest absolute Gasteiger partial charge is 0.308 e. The van der Waals surface area contributed by atoms with Crippen LogP contribution in [0.2, 0.25) is 0 Å². The molecule has 4 nitrogen and oxygen atoms in total. The van der Waals surface area contributed by atoms with Crippen molar-refractivity contribution in [3.8, 4) is 0 Å². The van der Waals surface area contributed by atoms with E-state index < -0.39 is 6.04 Å². The highest BCUT2D eigenvalue weighted by molar-refractivity contribution is 9.10. The topological polar surface area (TPSA) is 55.4 Å². The Morgan fingerprint density at radius 3 is 2.25 bits per heavy atom. The Bertz CT molecular complexity index is 929. The van der Waals surface area contributed by atoms with Crippen LogP contribution in [0.1, 0.15) is 33.9 Å². The summed E-state index contributed by atoms with van der Waals surface area (Å²) in [6.07, 6.45) is 0.0522. The molecule has 28 heavy (non-hydrogen) atoms. The number of hydrogen-bond acceptors (Lipinski definition) is 3. The highest BCUT2D eigenvalue weighted by Gasteiger charge is 2.20. The summed E-state index contributed by atoms with van der Waals surface area (Å²) in [6, 6.07) is 25.5. The summed E-state index contributed by atoms with van der Waals surface area (Å²) in [6.45, 7) is 0.187. The van der Waals surface area contributed by atoms with Gasteiger partial charge in [-0.1, -0.05) is 76.6 Å². The largest absolute Gasteiger partial charge is 0.461 e. The van der Waals surface area contributed by atoms with Gasteiger partial charge in [0.05, 0.1) is 12.5 Å². The zero-order valence-electron chi connectivity index (χ0n) is 15.2. The lowest BCUT2D eigenvalue weighted by molar-refractivity contribution is -0.145. The monoisotopic (exact) mass is 437 g/mol. The molecule has 0 radical (unpaired) electrons. The van der Waals surface area contributed by atoms with E-state index in [1.54, 1.807) is 24.3 Å². The first-order valence-electron chi connectivity index (χ1n) is 8.93. The minimum Gasteiger partial charge on any atom is -0.461 e. The standard InChI is InChI=1S/C23H20BrNO3/c24-20-13-7-8-17(14-20)16-28-22(26)15-21(18-9-3-1-4-10-18)25-23(27)19-11-5-2-6-12-19/h1-14,21H,15-16H2,(H,25,27). The van der Waals surface area contributed by atoms with Gasteiger partial charge in [0.15, 0.2) is 0 Å². The average molecular weight is 438 g/mol. The highest BCUT2D eigenvalue weighted by Crippen LogP contribution is 2.19. The quantitative estimate of drug-likeness (QED) is 0.525. The summed E-state index contributed by atoms with van der Waals surface area (Å²) in [4.78, 5) is 25.0. The van der Waals surface area contributed by atoms with E-state index in [1.165, 1.54) is 0 Å². The SMILES string of the molecule is O=C(CC(NC(=O)c1ccccc1)c1ccccc1)OCc1cccc(Br)c1. The molecule has 5 heteroatoms. The van der Waals surface area contributed by atoms with Gasteiger partial charge in [0, 0.05) is 10.0 Å². The molecular formula is C23H20BrNO3. The lowest BCUT2D eigenvalue weighted by Gasteiger charge is -2.19. The normalized spacial score (nSPS) is 11.5. The van der Waals surface area contributed by atoms with Crippen LogP contribution in [0.3, 0.4) is 0 Å². The molecule has 1 N–H and O–H groups in total. The maximum atomic E-state index is 12.6. The third-order valence-electron chi connectivity index (χ3n) is 4.20. The van der Waals surface area contributed by atoms with Crippen LogP contribution in [0.25, 0.3) is 0 Å². The van der Waals surface area contributed by atoms with Gasteiger partial charge in [-0.2, -0.15) is 0 Å². The molecule has 1 amide bonds. The van der Waals surface area contributed by atoms with Crippen molar-refractivity contribution in [1.29, 1.82) is 0 Å². The van der Waals surface area contributed by atoms with Crippen LogP contribution >= 0.6 is 15.9 Å². The Kier molecular flexibility index (Phi) is 6.98. The van der Waals surface area contributed by atoms with Gasteiger partial charge in [-0.25, -0.2) is 0 Å². The number of ether oxygens (including phenoxy) is 1. The fraction of sp³-hybridized carbons (Fsp3) is 0.130. The second-order valence-electron chi connectivity index (χ2n) is 6.30. The maximum absolute atomic E-state index is 12.6. The van der Waals surface area contributed by atoms with E-state index in [0.29, 0.717) is 5.56 Å². The van der Waals surface area contributed by atoms with E-state index in [9.17, 15) is 9.59 Å². The van der Waals surface area contributed by atoms with Crippen molar-refractivity contribution in [3.05, 3.63) is 106 Å². The Morgan fingerprint density at radius 2 is 1.57 bits per heavy atom. The van der Waals surface area contributed by atoms with Crippen molar-refractivity contribution in [1.82, 2.24) is 5.32 Å². The molecule has 0 fully saturated rings. The molecule has 0 aliphatic rings. The molecule has 0 aromatic heterocycles. The lowest BCUT2D eigenvalue weighted by atomic mass is 10.0. The number of carbonyl (C=O) groups excluding carboxylic acids is 2. The first-order valence-corrected chi connectivity index (χ1v) is 9.72. The molecule has 0 heterocycles. The van der Waals surface area contributed by atoms with Crippen molar-refractivity contribution >= 4 is 27.8 Å². The Morgan fingerprint density at radius 1 is 0.893 bits per heavy atom. The number of halogens is 1. The van der Waals surface area contributed by atoms with Gasteiger partial charge < -0.3 is 10.1 Å². The summed E-state index contributed by atoms with van der Waals surface area (Å²) in [5.41, 5.74) is 2.30. The van der Waals surface area contributed by atoms with Gasteiger partial charge in [-0.05, 0) is 35.4 Å². The molecule has 0 spiro atoms. The number of rotatable bonds is 7. The van der Waals surface area contributed by atoms with Crippen LogP contribution in [0.15, 0.2) is 89.4 Å². The van der Waals surface area contributed by atoms with Gasteiger partial charge in [0.2, 0.25) is 0 Å². The first kappa shape index (κ1) is 19.8. The number of hydrogen-bond donors (Lipinski definition) is 1. The third kappa shape index (κ3) is 5.79. The summed E-state index contributed by atoms with van der Waals surface area (Å²) in [7, 11) is 0. The van der Waals surface area contributed by atoms with Crippen LogP contribution in [-0.2, 0) is 16.1 Å². The number of benzene rings is 3. The van der Waals surface area contributed by atoms with Gasteiger partial charge in [-0.3, -0.25) is 9.59 Å². The first-order chi connectivity index (χ1) is 13.6. The number of nitrogens with one attached hydrogen (secondary N) is 1. The van der Waals surface area contributed by atoms with E-state index in [-0.39, 0.29) is 24.9 Å². The Hall–Kier alpha value is -2.92. The van der Waals surface area contributed by atoms with E-state index in [4.69, 9.17) is 4.74 Å². The molecule has 3 aromatic rings. The molecule has 0 saturated heterocycles. The molecule has 1 unspecified atom stereocenters. The number of amides is 1. The van der Waals surface area contributed by atoms with Gasteiger partial charge in [0.1, 0.15) is 6.61 Å². The minimum absolute atomic E-state index is 0.0522. The molecule has 0 bridgehead atoms. The zero-order chi connectivity index (χ0) is 19.8. The highest BCUT2D eigenvalue weighted by atomic mass is 79.9. The van der Waals surface area contributed by atoms with Gasteiger partial charge in [-0.15, -0.1) is 0 Å². The molecule has 0 saturated carbocycles. The van der Waals surface area contributed by atoms with E-state index in [0.717, 1.165) is 15.6 Å². The lowest BCUT2D eigenvalue weighted by Crippen LogP contribution is -2.30. The van der Waals surface area contributed by atoms with E-state index >= 15 is 0 Å². The predicted octanol–water partition coefficient (Wildman–Crippen LogP) is 5.05. The van der Waals surface area contributed by atoms with Crippen LogP contribution in [-0.4, -0.2) is 11.9 Å². The second kappa shape index (κ2) is 9.85. The maximum Gasteiger partial charge on any atom is 0.308 e. The van der Waals surface area contributed by atoms with Gasteiger partial charge in [0.25, 0.3) is 5.91 Å². The molecule has 0 aliphatic carbocycles. The van der Waals surface area contributed by atoms with E-state index in [2.05, 4.69) is 21.2 Å². The molecule has 1 atom stereocenters. The molecule has 142 valence electrons. The zero-order valence-corrected chi connectivity index (χ0v) is 16.8. The summed E-state index contributed by atoms with van der Waals surface area (Å²) in [5, 5.41) is 2.94. The summed E-state index contributed by atoms with van der Waals surface area (Å²) >= 11 is 3.40. The summed E-state index contributed by atoms with van der Waals surface area (Å²) < 4.78 is 6.34. The van der Waals surface area contributed by atoms with Crippen molar-refractivity contribution in [2.45, 2.75) is 19.1 Å². The molecular weight excluding hydrogens is 418 g/mol. The van der Waals surface area contributed by atoms with Crippen LogP contribution in [0.5, 0.6) is 0 Å². The second-order valence-corrected chi connectivity index (χ2v) is 7.21. The molecule has 3 rings (SSSR count). The fourth-order valence-corrected chi connectivity index (χ4v) is 3.23. The number of esters is 1. The van der Waals surface area contributed by atoms with Crippen molar-refractivity contribution in [3.63, 3.8) is 0 Å². The summed E-state index contributed by atoms with van der Waals surface area (Å²) in [5.74, 6) is -0.601. The Balaban J connectivity index is 1.67. The average Bonchev–Trinajstić information content (AvgIpc) is 2.73. The van der Waals surface area contributed by atoms with Crippen molar-refractivity contribution in [2.24, 2.45) is 0 Å². The minimum atomic E-state index is -0.469.